The number of carbonyl (C=O) groups is 1. The molecule has 2 N–H and O–H groups in total. The Morgan fingerprint density at radius 1 is 1.23 bits per heavy atom. The number of fused-ring (bicyclic) bond motifs is 1. The zero-order chi connectivity index (χ0) is 21.3. The molecule has 1 aliphatic heterocycles. The van der Waals surface area contributed by atoms with Crippen LogP contribution in [0.25, 0.3) is 11.1 Å². The first-order chi connectivity index (χ1) is 14.4. The van der Waals surface area contributed by atoms with Crippen LogP contribution in [0.1, 0.15) is 25.3 Å². The van der Waals surface area contributed by atoms with Crippen molar-refractivity contribution in [1.82, 2.24) is 9.29 Å². The van der Waals surface area contributed by atoms with E-state index in [-0.39, 0.29) is 22.9 Å². The summed E-state index contributed by atoms with van der Waals surface area (Å²) in [5.74, 6) is -1.26. The van der Waals surface area contributed by atoms with Crippen LogP contribution in [0, 0.1) is 5.92 Å². The molecule has 0 spiro atoms. The number of amides is 1. The van der Waals surface area contributed by atoms with Crippen molar-refractivity contribution in [3.05, 3.63) is 58.6 Å². The van der Waals surface area contributed by atoms with E-state index < -0.39 is 21.7 Å². The van der Waals surface area contributed by atoms with Gasteiger partial charge >= 0.3 is 5.76 Å². The average molecular weight is 429 g/mol. The Bertz CT molecular complexity index is 1230. The number of benzene rings is 2. The second-order valence-electron chi connectivity index (χ2n) is 7.41. The van der Waals surface area contributed by atoms with Crippen LogP contribution in [0.2, 0.25) is 0 Å². The molecule has 1 atom stereocenters. The first-order valence-electron chi connectivity index (χ1n) is 9.89. The zero-order valence-corrected chi connectivity index (χ0v) is 17.4. The normalized spacial score (nSPS) is 17.8. The van der Waals surface area contributed by atoms with Crippen LogP contribution < -0.4 is 11.1 Å². The van der Waals surface area contributed by atoms with E-state index in [2.05, 4.69) is 17.2 Å². The smallest absolute Gasteiger partial charge is 0.408 e. The van der Waals surface area contributed by atoms with Crippen molar-refractivity contribution in [2.24, 2.45) is 5.92 Å². The predicted octanol–water partition coefficient (Wildman–Crippen LogP) is 2.72. The minimum absolute atomic E-state index is 0.0361. The Morgan fingerprint density at radius 2 is 2.00 bits per heavy atom. The molecule has 1 fully saturated rings. The van der Waals surface area contributed by atoms with Gasteiger partial charge in [0.15, 0.2) is 5.58 Å². The van der Waals surface area contributed by atoms with Crippen molar-refractivity contribution in [2.75, 3.05) is 18.4 Å². The molecule has 1 aromatic heterocycles. The Kier molecular flexibility index (Phi) is 5.48. The summed E-state index contributed by atoms with van der Waals surface area (Å²) in [6, 6.07) is 11.9. The van der Waals surface area contributed by atoms with Gasteiger partial charge in [0.1, 0.15) is 0 Å². The number of hydrogen-bond donors (Lipinski definition) is 2. The number of aryl methyl sites for hydroxylation is 1. The molecule has 0 aliphatic carbocycles. The summed E-state index contributed by atoms with van der Waals surface area (Å²) in [6.07, 6.45) is 2.13. The Labute approximate surface area is 173 Å². The molecule has 1 amide bonds. The first kappa shape index (κ1) is 20.4. The fraction of sp³-hybridized carbons (Fsp3) is 0.333. The number of sulfonamides is 1. The van der Waals surface area contributed by atoms with E-state index in [4.69, 9.17) is 4.42 Å². The highest BCUT2D eigenvalue weighted by Gasteiger charge is 2.33. The van der Waals surface area contributed by atoms with Crippen molar-refractivity contribution < 1.29 is 17.6 Å². The van der Waals surface area contributed by atoms with E-state index in [1.54, 1.807) is 0 Å². The van der Waals surface area contributed by atoms with Gasteiger partial charge in [-0.1, -0.05) is 19.1 Å². The standard InChI is InChI=1S/C21H23N3O5S/c1-2-14-5-7-16(8-6-14)22-20(25)15-4-3-11-24(13-15)30(27,28)17-9-10-18-19(12-17)29-21(26)23-18/h5-10,12,15H,2-4,11,13H2,1H3,(H,22,25)(H,23,26)/t15-/m0/s1. The molecule has 0 saturated carbocycles. The second-order valence-corrected chi connectivity index (χ2v) is 9.35. The topological polar surface area (TPSA) is 112 Å². The summed E-state index contributed by atoms with van der Waals surface area (Å²) >= 11 is 0. The molecule has 8 nitrogen and oxygen atoms in total. The molecule has 2 heterocycles. The van der Waals surface area contributed by atoms with Crippen molar-refractivity contribution in [1.29, 1.82) is 0 Å². The van der Waals surface area contributed by atoms with E-state index in [1.165, 1.54) is 28.1 Å². The van der Waals surface area contributed by atoms with Gasteiger partial charge in [-0.05, 0) is 49.1 Å². The Hall–Kier alpha value is -2.91. The number of aromatic nitrogens is 1. The molecule has 2 aromatic carbocycles. The molecule has 3 aromatic rings. The van der Waals surface area contributed by atoms with Gasteiger partial charge in [-0.15, -0.1) is 0 Å². The van der Waals surface area contributed by atoms with E-state index in [1.807, 2.05) is 24.3 Å². The lowest BCUT2D eigenvalue weighted by molar-refractivity contribution is -0.120. The van der Waals surface area contributed by atoms with Gasteiger partial charge in [0, 0.05) is 24.8 Å². The van der Waals surface area contributed by atoms with Crippen LogP contribution in [0.3, 0.4) is 0 Å². The summed E-state index contributed by atoms with van der Waals surface area (Å²) in [6.45, 7) is 2.51. The quantitative estimate of drug-likeness (QED) is 0.648. The third-order valence-electron chi connectivity index (χ3n) is 5.41. The minimum Gasteiger partial charge on any atom is -0.408 e. The lowest BCUT2D eigenvalue weighted by Crippen LogP contribution is -2.43. The molecule has 1 aliphatic rings. The maximum atomic E-state index is 13.1. The highest BCUT2D eigenvalue weighted by Crippen LogP contribution is 2.26. The third kappa shape index (κ3) is 4.03. The lowest BCUT2D eigenvalue weighted by Gasteiger charge is -2.31. The van der Waals surface area contributed by atoms with Crippen molar-refractivity contribution in [3.63, 3.8) is 0 Å². The number of anilines is 1. The van der Waals surface area contributed by atoms with Gasteiger partial charge in [0.25, 0.3) is 0 Å². The number of hydrogen-bond acceptors (Lipinski definition) is 5. The lowest BCUT2D eigenvalue weighted by atomic mass is 9.98. The van der Waals surface area contributed by atoms with Crippen molar-refractivity contribution in [2.45, 2.75) is 31.1 Å². The van der Waals surface area contributed by atoms with Crippen LogP contribution in [0.5, 0.6) is 0 Å². The van der Waals surface area contributed by atoms with Gasteiger partial charge in [0.05, 0.1) is 16.3 Å². The second kappa shape index (κ2) is 8.08. The predicted molar refractivity (Wildman–Crippen MR) is 113 cm³/mol. The van der Waals surface area contributed by atoms with E-state index in [0.29, 0.717) is 30.6 Å². The number of carbonyl (C=O) groups excluding carboxylic acids is 1. The number of piperidine rings is 1. The molecule has 9 heteroatoms. The molecule has 1 saturated heterocycles. The number of nitrogens with one attached hydrogen (secondary N) is 2. The molecule has 30 heavy (non-hydrogen) atoms. The number of nitrogens with zero attached hydrogens (tertiary/aromatic N) is 1. The molecule has 4 rings (SSSR count). The van der Waals surface area contributed by atoms with Crippen LogP contribution in [-0.2, 0) is 21.2 Å². The fourth-order valence-electron chi connectivity index (χ4n) is 3.68. The number of oxazole rings is 1. The largest absolute Gasteiger partial charge is 0.417 e. The van der Waals surface area contributed by atoms with E-state index in [9.17, 15) is 18.0 Å². The van der Waals surface area contributed by atoms with Crippen molar-refractivity contribution in [3.8, 4) is 0 Å². The van der Waals surface area contributed by atoms with Crippen LogP contribution in [0.4, 0.5) is 5.69 Å². The van der Waals surface area contributed by atoms with E-state index in [0.717, 1.165) is 6.42 Å². The van der Waals surface area contributed by atoms with Gasteiger partial charge in [-0.25, -0.2) is 13.2 Å². The molecular weight excluding hydrogens is 406 g/mol. The van der Waals surface area contributed by atoms with Gasteiger partial charge in [0.2, 0.25) is 15.9 Å². The average Bonchev–Trinajstić information content (AvgIpc) is 3.13. The number of aromatic amines is 1. The molecular formula is C21H23N3O5S. The first-order valence-corrected chi connectivity index (χ1v) is 11.3. The SMILES string of the molecule is CCc1ccc(NC(=O)[C@H]2CCCN(S(=O)(=O)c3ccc4[nH]c(=O)oc4c3)C2)cc1. The van der Waals surface area contributed by atoms with Gasteiger partial charge in [-0.3, -0.25) is 9.78 Å². The zero-order valence-electron chi connectivity index (χ0n) is 16.6. The molecule has 0 bridgehead atoms. The number of H-pyrrole nitrogens is 1. The summed E-state index contributed by atoms with van der Waals surface area (Å²) in [7, 11) is -3.82. The molecule has 0 radical (unpaired) electrons. The van der Waals surface area contributed by atoms with Crippen LogP contribution in [-0.4, -0.2) is 36.7 Å². The van der Waals surface area contributed by atoms with Gasteiger partial charge in [-0.2, -0.15) is 4.31 Å². The third-order valence-corrected chi connectivity index (χ3v) is 7.28. The summed E-state index contributed by atoms with van der Waals surface area (Å²) < 4.78 is 32.5. The monoisotopic (exact) mass is 429 g/mol. The molecule has 158 valence electrons. The Morgan fingerprint density at radius 3 is 2.73 bits per heavy atom. The van der Waals surface area contributed by atoms with Gasteiger partial charge < -0.3 is 9.73 Å². The maximum Gasteiger partial charge on any atom is 0.417 e. The summed E-state index contributed by atoms with van der Waals surface area (Å²) in [5.41, 5.74) is 2.50. The number of rotatable bonds is 5. The summed E-state index contributed by atoms with van der Waals surface area (Å²) in [4.78, 5) is 26.6. The van der Waals surface area contributed by atoms with E-state index >= 15 is 0 Å². The van der Waals surface area contributed by atoms with Crippen LogP contribution >= 0.6 is 0 Å². The van der Waals surface area contributed by atoms with Crippen molar-refractivity contribution >= 4 is 32.7 Å². The fourth-order valence-corrected chi connectivity index (χ4v) is 5.22. The Balaban J connectivity index is 1.50. The van der Waals surface area contributed by atoms with Crippen LogP contribution in [0.15, 0.2) is 56.6 Å². The highest BCUT2D eigenvalue weighted by molar-refractivity contribution is 7.89. The molecule has 0 unspecified atom stereocenters. The summed E-state index contributed by atoms with van der Waals surface area (Å²) in [5, 5.41) is 2.89. The minimum atomic E-state index is -3.82. The highest BCUT2D eigenvalue weighted by atomic mass is 32.2. The maximum absolute atomic E-state index is 13.1.